The summed E-state index contributed by atoms with van der Waals surface area (Å²) in [7, 11) is 0. The normalized spacial score (nSPS) is 12.5. The third-order valence-electron chi connectivity index (χ3n) is 13.9. The molecule has 0 radical (unpaired) electrons. The Morgan fingerprint density at radius 3 is 1.27 bits per heavy atom. The first-order valence-electron chi connectivity index (χ1n) is 23.0. The van der Waals surface area contributed by atoms with Gasteiger partial charge in [0.15, 0.2) is 0 Å². The van der Waals surface area contributed by atoms with E-state index in [4.69, 9.17) is 0 Å². The molecule has 0 unspecified atom stereocenters. The second kappa shape index (κ2) is 16.1. The van der Waals surface area contributed by atoms with Crippen LogP contribution in [-0.2, 0) is 5.41 Å². The molecule has 1 nitrogen and oxygen atoms in total. The van der Waals surface area contributed by atoms with Gasteiger partial charge in [0.1, 0.15) is 0 Å². The standard InChI is InChI=1S/C65H47N/c1-65(2)62-41-53(49-30-28-48(29-31-49)47-26-24-46(25-27-47)44-14-5-3-6-15-44)34-38-59(62)60-39-37-56(43-63(60)65)66(64-42-54-18-9-10-21-57(54)58-22-11-12-23-61(58)64)55-35-32-50(33-36-55)52-20-13-19-51(40-52)45-16-7-4-8-17-45/h3-43H,1-2H3. The minimum atomic E-state index is -0.220. The van der Waals surface area contributed by atoms with E-state index in [1.807, 2.05) is 0 Å². The van der Waals surface area contributed by atoms with Crippen LogP contribution in [0, 0.1) is 0 Å². The van der Waals surface area contributed by atoms with Crippen molar-refractivity contribution < 1.29 is 0 Å². The highest BCUT2D eigenvalue weighted by molar-refractivity contribution is 6.14. The lowest BCUT2D eigenvalue weighted by Gasteiger charge is -2.29. The molecule has 1 aliphatic rings. The average Bonchev–Trinajstić information content (AvgIpc) is 3.61. The van der Waals surface area contributed by atoms with E-state index in [0.29, 0.717) is 0 Å². The molecule has 0 aromatic heterocycles. The monoisotopic (exact) mass is 841 g/mol. The summed E-state index contributed by atoms with van der Waals surface area (Å²) < 4.78 is 0. The summed E-state index contributed by atoms with van der Waals surface area (Å²) in [4.78, 5) is 2.47. The van der Waals surface area contributed by atoms with Crippen LogP contribution < -0.4 is 4.90 Å². The number of fused-ring (bicyclic) bond motifs is 6. The van der Waals surface area contributed by atoms with Gasteiger partial charge < -0.3 is 4.90 Å². The molecule has 1 aliphatic carbocycles. The van der Waals surface area contributed by atoms with Crippen molar-refractivity contribution in [2.45, 2.75) is 19.3 Å². The highest BCUT2D eigenvalue weighted by atomic mass is 15.1. The number of nitrogens with zero attached hydrogens (tertiary/aromatic N) is 1. The first-order valence-corrected chi connectivity index (χ1v) is 23.0. The molecule has 0 bridgehead atoms. The molecule has 12 rings (SSSR count). The minimum Gasteiger partial charge on any atom is -0.310 e. The zero-order valence-corrected chi connectivity index (χ0v) is 37.1. The van der Waals surface area contributed by atoms with Gasteiger partial charge in [-0.3, -0.25) is 0 Å². The molecule has 0 heterocycles. The predicted molar refractivity (Wildman–Crippen MR) is 281 cm³/mol. The van der Waals surface area contributed by atoms with Gasteiger partial charge >= 0.3 is 0 Å². The number of anilines is 3. The zero-order chi connectivity index (χ0) is 44.2. The van der Waals surface area contributed by atoms with Crippen molar-refractivity contribution in [3.63, 3.8) is 0 Å². The molecular weight excluding hydrogens is 795 g/mol. The second-order valence-electron chi connectivity index (χ2n) is 18.1. The van der Waals surface area contributed by atoms with Crippen LogP contribution in [0.3, 0.4) is 0 Å². The maximum atomic E-state index is 2.47. The van der Waals surface area contributed by atoms with Crippen molar-refractivity contribution in [1.29, 1.82) is 0 Å². The number of hydrogen-bond donors (Lipinski definition) is 0. The molecule has 0 saturated heterocycles. The summed E-state index contributed by atoms with van der Waals surface area (Å²) in [5.41, 5.74) is 20.7. The largest absolute Gasteiger partial charge is 0.310 e. The molecular formula is C65H47N. The van der Waals surface area contributed by atoms with E-state index in [-0.39, 0.29) is 5.41 Å². The van der Waals surface area contributed by atoms with Crippen LogP contribution in [0.2, 0.25) is 0 Å². The highest BCUT2D eigenvalue weighted by Crippen LogP contribution is 2.52. The Kier molecular flexibility index (Phi) is 9.58. The topological polar surface area (TPSA) is 3.24 Å². The maximum Gasteiger partial charge on any atom is 0.0546 e. The quantitative estimate of drug-likeness (QED) is 0.138. The van der Waals surface area contributed by atoms with Crippen LogP contribution in [0.1, 0.15) is 25.0 Å². The summed E-state index contributed by atoms with van der Waals surface area (Å²) in [6.45, 7) is 4.78. The van der Waals surface area contributed by atoms with E-state index in [1.165, 1.54) is 99.4 Å². The van der Waals surface area contributed by atoms with Crippen molar-refractivity contribution in [1.82, 2.24) is 0 Å². The molecule has 11 aromatic rings. The van der Waals surface area contributed by atoms with Gasteiger partial charge in [-0.05, 0) is 137 Å². The fourth-order valence-electron chi connectivity index (χ4n) is 10.3. The molecule has 11 aromatic carbocycles. The zero-order valence-electron chi connectivity index (χ0n) is 37.1. The van der Waals surface area contributed by atoms with Gasteiger partial charge in [-0.25, -0.2) is 0 Å². The van der Waals surface area contributed by atoms with Gasteiger partial charge in [0.05, 0.1) is 5.69 Å². The maximum absolute atomic E-state index is 2.47. The molecule has 312 valence electrons. The Morgan fingerprint density at radius 1 is 0.273 bits per heavy atom. The van der Waals surface area contributed by atoms with Crippen molar-refractivity contribution in [2.24, 2.45) is 0 Å². The van der Waals surface area contributed by atoms with E-state index in [0.717, 1.165) is 17.1 Å². The second-order valence-corrected chi connectivity index (χ2v) is 18.1. The summed E-state index contributed by atoms with van der Waals surface area (Å²) in [6, 6.07) is 91.3. The van der Waals surface area contributed by atoms with Gasteiger partial charge in [0, 0.05) is 22.2 Å². The van der Waals surface area contributed by atoms with Crippen molar-refractivity contribution in [3.05, 3.63) is 260 Å². The van der Waals surface area contributed by atoms with Crippen LogP contribution >= 0.6 is 0 Å². The molecule has 0 atom stereocenters. The molecule has 0 N–H and O–H groups in total. The summed E-state index contributed by atoms with van der Waals surface area (Å²) in [6.07, 6.45) is 0. The van der Waals surface area contributed by atoms with E-state index in [2.05, 4.69) is 267 Å². The Bertz CT molecular complexity index is 3570. The fourth-order valence-corrected chi connectivity index (χ4v) is 10.3. The third kappa shape index (κ3) is 6.89. The molecule has 0 spiro atoms. The van der Waals surface area contributed by atoms with Crippen molar-refractivity contribution in [2.75, 3.05) is 4.90 Å². The van der Waals surface area contributed by atoms with Crippen molar-refractivity contribution >= 4 is 38.6 Å². The fraction of sp³-hybridized carbons (Fsp3) is 0.0462. The van der Waals surface area contributed by atoms with Crippen LogP contribution in [0.4, 0.5) is 17.1 Å². The molecule has 0 amide bonds. The molecule has 0 saturated carbocycles. The summed E-state index contributed by atoms with van der Waals surface area (Å²) in [5, 5.41) is 4.96. The highest BCUT2D eigenvalue weighted by Gasteiger charge is 2.36. The van der Waals surface area contributed by atoms with Gasteiger partial charge in [-0.2, -0.15) is 0 Å². The first-order chi connectivity index (χ1) is 32.5. The summed E-state index contributed by atoms with van der Waals surface area (Å²) in [5.74, 6) is 0. The SMILES string of the molecule is CC1(C)c2cc(-c3ccc(-c4ccc(-c5ccccc5)cc4)cc3)ccc2-c2ccc(N(c3ccc(-c4cccc(-c5ccccc5)c4)cc3)c3cc4ccccc4c4ccccc34)cc21. The first kappa shape index (κ1) is 39.3. The Morgan fingerprint density at radius 2 is 0.667 bits per heavy atom. The molecule has 0 aliphatic heterocycles. The minimum absolute atomic E-state index is 0.220. The average molecular weight is 842 g/mol. The van der Waals surface area contributed by atoms with Crippen LogP contribution in [0.25, 0.3) is 88.3 Å². The molecule has 1 heteroatoms. The number of benzene rings is 11. The Labute approximate surface area is 387 Å². The Hall–Kier alpha value is -8.26. The van der Waals surface area contributed by atoms with E-state index >= 15 is 0 Å². The van der Waals surface area contributed by atoms with Gasteiger partial charge in [0.2, 0.25) is 0 Å². The van der Waals surface area contributed by atoms with Crippen LogP contribution in [0.5, 0.6) is 0 Å². The predicted octanol–water partition coefficient (Wildman–Crippen LogP) is 18.1. The van der Waals surface area contributed by atoms with E-state index < -0.39 is 0 Å². The lowest BCUT2D eigenvalue weighted by atomic mass is 9.81. The smallest absolute Gasteiger partial charge is 0.0546 e. The van der Waals surface area contributed by atoms with Crippen LogP contribution in [-0.4, -0.2) is 0 Å². The van der Waals surface area contributed by atoms with Gasteiger partial charge in [-0.1, -0.05) is 220 Å². The lowest BCUT2D eigenvalue weighted by molar-refractivity contribution is 0.660. The lowest BCUT2D eigenvalue weighted by Crippen LogP contribution is -2.17. The van der Waals surface area contributed by atoms with Crippen molar-refractivity contribution in [3.8, 4) is 66.8 Å². The van der Waals surface area contributed by atoms with Gasteiger partial charge in [-0.15, -0.1) is 0 Å². The number of hydrogen-bond acceptors (Lipinski definition) is 1. The summed E-state index contributed by atoms with van der Waals surface area (Å²) >= 11 is 0. The van der Waals surface area contributed by atoms with Crippen LogP contribution in [0.15, 0.2) is 249 Å². The van der Waals surface area contributed by atoms with Gasteiger partial charge in [0.25, 0.3) is 0 Å². The van der Waals surface area contributed by atoms with E-state index in [9.17, 15) is 0 Å². The molecule has 66 heavy (non-hydrogen) atoms. The Balaban J connectivity index is 0.911. The van der Waals surface area contributed by atoms with E-state index in [1.54, 1.807) is 0 Å². The number of rotatable bonds is 8. The third-order valence-corrected chi connectivity index (χ3v) is 13.9. The molecule has 0 fully saturated rings.